The fraction of sp³-hybridized carbons (Fsp3) is 0.529. The maximum atomic E-state index is 10.0. The lowest BCUT2D eigenvalue weighted by Gasteiger charge is -2.30. The molecule has 0 aromatic heterocycles. The third kappa shape index (κ3) is 4.82. The lowest BCUT2D eigenvalue weighted by molar-refractivity contribution is 0.308. The summed E-state index contributed by atoms with van der Waals surface area (Å²) in [6, 6.07) is 5.53. The monoisotopic (exact) mass is 335 g/mol. The molecule has 1 aromatic rings. The van der Waals surface area contributed by atoms with Crippen LogP contribution in [0, 0.1) is 5.92 Å². The van der Waals surface area contributed by atoms with E-state index < -0.39 is 0 Å². The first-order chi connectivity index (χ1) is 11.0. The molecule has 0 aliphatic heterocycles. The minimum absolute atomic E-state index is 0.132. The molecule has 1 aliphatic carbocycles. The average Bonchev–Trinajstić information content (AvgIpc) is 2.54. The molecule has 1 aliphatic rings. The largest absolute Gasteiger partial charge is 0.507 e. The van der Waals surface area contributed by atoms with E-state index in [0.717, 1.165) is 6.42 Å². The van der Waals surface area contributed by atoms with Crippen LogP contribution >= 0.6 is 12.2 Å². The third-order valence-corrected chi connectivity index (χ3v) is 4.56. The maximum Gasteiger partial charge on any atom is 0.187 e. The van der Waals surface area contributed by atoms with Crippen molar-refractivity contribution in [3.63, 3.8) is 0 Å². The zero-order chi connectivity index (χ0) is 16.8. The van der Waals surface area contributed by atoms with Crippen molar-refractivity contribution in [3.8, 4) is 11.5 Å². The molecule has 0 unspecified atom stereocenters. The smallest absolute Gasteiger partial charge is 0.187 e. The lowest BCUT2D eigenvalue weighted by Crippen LogP contribution is -2.44. The second kappa shape index (κ2) is 8.15. The van der Waals surface area contributed by atoms with Crippen molar-refractivity contribution in [1.82, 2.24) is 10.7 Å². The van der Waals surface area contributed by atoms with Gasteiger partial charge in [0, 0.05) is 17.7 Å². The van der Waals surface area contributed by atoms with Crippen LogP contribution in [0.2, 0.25) is 0 Å². The van der Waals surface area contributed by atoms with Gasteiger partial charge in [0.1, 0.15) is 11.5 Å². The molecule has 0 radical (unpaired) electrons. The summed E-state index contributed by atoms with van der Waals surface area (Å²) in [5.41, 5.74) is 4.17. The van der Waals surface area contributed by atoms with E-state index in [4.69, 9.17) is 17.0 Å². The van der Waals surface area contributed by atoms with Gasteiger partial charge in [-0.3, -0.25) is 5.43 Å². The molecule has 0 amide bonds. The predicted molar refractivity (Wildman–Crippen MR) is 97.2 cm³/mol. The Morgan fingerprint density at radius 2 is 2.09 bits per heavy atom. The van der Waals surface area contributed by atoms with Gasteiger partial charge in [0.05, 0.1) is 12.8 Å². The van der Waals surface area contributed by atoms with E-state index in [1.54, 1.807) is 25.3 Å². The van der Waals surface area contributed by atoms with Gasteiger partial charge in [-0.15, -0.1) is 0 Å². The highest BCUT2D eigenvalue weighted by Crippen LogP contribution is 2.24. The van der Waals surface area contributed by atoms with Crippen LogP contribution < -0.4 is 15.5 Å². The first kappa shape index (κ1) is 17.5. The van der Waals surface area contributed by atoms with Gasteiger partial charge in [-0.2, -0.15) is 5.10 Å². The molecule has 0 heterocycles. The first-order valence-electron chi connectivity index (χ1n) is 7.99. The van der Waals surface area contributed by atoms with Gasteiger partial charge in [-0.05, 0) is 50.0 Å². The van der Waals surface area contributed by atoms with E-state index in [-0.39, 0.29) is 5.75 Å². The number of aromatic hydroxyl groups is 1. The number of hydrogen-bond donors (Lipinski definition) is 3. The molecule has 0 spiro atoms. The number of nitrogens with zero attached hydrogens (tertiary/aromatic N) is 1. The van der Waals surface area contributed by atoms with Gasteiger partial charge in [-0.1, -0.05) is 19.8 Å². The summed E-state index contributed by atoms with van der Waals surface area (Å²) < 4.78 is 5.08. The summed E-state index contributed by atoms with van der Waals surface area (Å²) in [5, 5.41) is 18.1. The van der Waals surface area contributed by atoms with Crippen LogP contribution in [0.5, 0.6) is 11.5 Å². The molecule has 6 heteroatoms. The van der Waals surface area contributed by atoms with Crippen molar-refractivity contribution in [1.29, 1.82) is 0 Å². The van der Waals surface area contributed by atoms with E-state index in [0.29, 0.717) is 34.1 Å². The van der Waals surface area contributed by atoms with Crippen molar-refractivity contribution in [2.75, 3.05) is 7.11 Å². The normalized spacial score (nSPS) is 21.6. The third-order valence-electron chi connectivity index (χ3n) is 4.35. The lowest BCUT2D eigenvalue weighted by atomic mass is 9.86. The summed E-state index contributed by atoms with van der Waals surface area (Å²) in [6.45, 7) is 4.07. The zero-order valence-corrected chi connectivity index (χ0v) is 14.7. The van der Waals surface area contributed by atoms with Crippen LogP contribution in [-0.2, 0) is 0 Å². The highest BCUT2D eigenvalue weighted by atomic mass is 32.1. The van der Waals surface area contributed by atoms with Gasteiger partial charge < -0.3 is 15.2 Å². The second-order valence-electron chi connectivity index (χ2n) is 6.03. The highest BCUT2D eigenvalue weighted by Gasteiger charge is 2.21. The number of thiocarbonyl (C=S) groups is 1. The number of phenolic OH excluding ortho intramolecular Hbond substituents is 1. The summed E-state index contributed by atoms with van der Waals surface area (Å²) >= 11 is 5.32. The van der Waals surface area contributed by atoms with E-state index in [1.165, 1.54) is 19.3 Å². The molecule has 1 aromatic carbocycles. The van der Waals surface area contributed by atoms with Crippen LogP contribution in [0.1, 0.15) is 45.1 Å². The van der Waals surface area contributed by atoms with Crippen LogP contribution in [0.15, 0.2) is 23.3 Å². The average molecular weight is 335 g/mol. The van der Waals surface area contributed by atoms with Crippen molar-refractivity contribution < 1.29 is 9.84 Å². The molecule has 0 saturated heterocycles. The van der Waals surface area contributed by atoms with Crippen LogP contribution in [0.25, 0.3) is 0 Å². The molecule has 3 N–H and O–H groups in total. The number of rotatable bonds is 4. The number of nitrogens with one attached hydrogen (secondary N) is 2. The topological polar surface area (TPSA) is 65.9 Å². The predicted octanol–water partition coefficient (Wildman–Crippen LogP) is 3.17. The molecule has 2 rings (SSSR count). The van der Waals surface area contributed by atoms with Crippen molar-refractivity contribution in [2.45, 2.75) is 45.6 Å². The Hall–Kier alpha value is -1.82. The van der Waals surface area contributed by atoms with Crippen molar-refractivity contribution in [2.24, 2.45) is 11.0 Å². The van der Waals surface area contributed by atoms with E-state index >= 15 is 0 Å². The fourth-order valence-electron chi connectivity index (χ4n) is 2.87. The Bertz CT molecular complexity index is 589. The molecule has 5 nitrogen and oxygen atoms in total. The number of benzene rings is 1. The quantitative estimate of drug-likeness (QED) is 0.448. The SMILES string of the molecule is COc1ccc(/C(C)=N/NC(=S)N[C@H]2CCCC[C@H]2C)c(O)c1. The van der Waals surface area contributed by atoms with Crippen LogP contribution in [0.4, 0.5) is 0 Å². The fourth-order valence-corrected chi connectivity index (χ4v) is 3.07. The highest BCUT2D eigenvalue weighted by molar-refractivity contribution is 7.80. The summed E-state index contributed by atoms with van der Waals surface area (Å²) in [4.78, 5) is 0. The van der Waals surface area contributed by atoms with Gasteiger partial charge >= 0.3 is 0 Å². The van der Waals surface area contributed by atoms with Gasteiger partial charge in [-0.25, -0.2) is 0 Å². The van der Waals surface area contributed by atoms with Crippen molar-refractivity contribution in [3.05, 3.63) is 23.8 Å². The Morgan fingerprint density at radius 3 is 2.74 bits per heavy atom. The standard InChI is InChI=1S/C17H25N3O2S/c1-11-6-4-5-7-15(11)18-17(23)20-19-12(2)14-9-8-13(22-3)10-16(14)21/h8-11,15,21H,4-7H2,1-3H3,(H2,18,20,23)/b19-12+/t11-,15+/m1/s1. The Labute approximate surface area is 143 Å². The molecule has 126 valence electrons. The summed E-state index contributed by atoms with van der Waals surface area (Å²) in [7, 11) is 1.56. The number of ether oxygens (including phenoxy) is 1. The Kier molecular flexibility index (Phi) is 6.21. The van der Waals surface area contributed by atoms with Crippen molar-refractivity contribution >= 4 is 23.0 Å². The molecule has 1 fully saturated rings. The molecule has 1 saturated carbocycles. The molecular formula is C17H25N3O2S. The summed E-state index contributed by atoms with van der Waals surface area (Å²) in [6.07, 6.45) is 4.92. The first-order valence-corrected chi connectivity index (χ1v) is 8.40. The Morgan fingerprint density at radius 1 is 1.35 bits per heavy atom. The van der Waals surface area contributed by atoms with E-state index in [2.05, 4.69) is 22.8 Å². The van der Waals surface area contributed by atoms with Crippen LogP contribution in [0.3, 0.4) is 0 Å². The van der Waals surface area contributed by atoms with E-state index in [9.17, 15) is 5.11 Å². The number of hydrazone groups is 1. The number of methoxy groups -OCH3 is 1. The van der Waals surface area contributed by atoms with Gasteiger partial charge in [0.15, 0.2) is 5.11 Å². The Balaban J connectivity index is 1.94. The molecular weight excluding hydrogens is 310 g/mol. The molecule has 0 bridgehead atoms. The minimum Gasteiger partial charge on any atom is -0.507 e. The minimum atomic E-state index is 0.132. The summed E-state index contributed by atoms with van der Waals surface area (Å²) in [5.74, 6) is 1.36. The van der Waals surface area contributed by atoms with E-state index in [1.807, 2.05) is 6.92 Å². The second-order valence-corrected chi connectivity index (χ2v) is 6.44. The molecule has 23 heavy (non-hydrogen) atoms. The van der Waals surface area contributed by atoms with Gasteiger partial charge in [0.2, 0.25) is 0 Å². The van der Waals surface area contributed by atoms with Crippen LogP contribution in [-0.4, -0.2) is 29.1 Å². The maximum absolute atomic E-state index is 10.0. The zero-order valence-electron chi connectivity index (χ0n) is 13.9. The number of phenols is 1. The number of hydrogen-bond acceptors (Lipinski definition) is 4. The molecule has 2 atom stereocenters. The van der Waals surface area contributed by atoms with Gasteiger partial charge in [0.25, 0.3) is 0 Å².